The topological polar surface area (TPSA) is 105 Å². The maximum Gasteiger partial charge on any atom is 0.277 e. The maximum atomic E-state index is 13.1. The van der Waals surface area contributed by atoms with E-state index in [9.17, 15) is 9.59 Å². The molecule has 2 aromatic heterocycles. The Labute approximate surface area is 161 Å². The second kappa shape index (κ2) is 7.73. The Balaban J connectivity index is 1.49. The molecule has 9 nitrogen and oxygen atoms in total. The van der Waals surface area contributed by atoms with Crippen molar-refractivity contribution in [3.8, 4) is 0 Å². The number of anilines is 1. The number of nitrogens with one attached hydrogen (secondary N) is 2. The molecule has 10 heteroatoms. The molecule has 0 spiro atoms. The van der Waals surface area contributed by atoms with Crippen LogP contribution in [0.5, 0.6) is 0 Å². The van der Waals surface area contributed by atoms with Crippen molar-refractivity contribution in [3.05, 3.63) is 23.0 Å². The number of hydrogen-bond donors (Lipinski definition) is 2. The van der Waals surface area contributed by atoms with Crippen LogP contribution in [0, 0.1) is 6.92 Å². The number of amides is 2. The number of piperidine rings is 1. The van der Waals surface area contributed by atoms with Crippen molar-refractivity contribution in [3.63, 3.8) is 0 Å². The number of carbonyl (C=O) groups excluding carboxylic acids is 2. The normalized spacial score (nSPS) is 20.8. The molecule has 2 fully saturated rings. The molecule has 4 rings (SSSR count). The quantitative estimate of drug-likeness (QED) is 0.814. The summed E-state index contributed by atoms with van der Waals surface area (Å²) in [6.45, 7) is 4.32. The molecule has 2 aliphatic heterocycles. The number of carbonyl (C=O) groups is 2. The van der Waals surface area contributed by atoms with Crippen molar-refractivity contribution < 1.29 is 9.59 Å². The third kappa shape index (κ3) is 3.59. The van der Waals surface area contributed by atoms with Crippen LogP contribution in [-0.4, -0.2) is 62.4 Å². The summed E-state index contributed by atoms with van der Waals surface area (Å²) >= 11 is 1.36. The Morgan fingerprint density at radius 3 is 2.85 bits per heavy atom. The van der Waals surface area contributed by atoms with Crippen LogP contribution in [0.15, 0.2) is 11.6 Å². The zero-order valence-corrected chi connectivity index (χ0v) is 16.0. The van der Waals surface area contributed by atoms with Crippen molar-refractivity contribution in [2.24, 2.45) is 0 Å². The molecule has 2 aliphatic rings. The van der Waals surface area contributed by atoms with Gasteiger partial charge in [0.15, 0.2) is 10.8 Å². The zero-order valence-electron chi connectivity index (χ0n) is 15.2. The number of nitrogens with zero attached hydrogens (tertiary/aromatic N) is 5. The standard InChI is InChI=1S/C17H23N7O2S/c1-11-14(21-22-24(11)12-4-6-18-7-5-12)16(26)23-9-2-3-13(23)15(25)20-17-19-8-10-27-17/h8,10,12-13,18H,2-7,9H2,1H3,(H,19,20,25). The van der Waals surface area contributed by atoms with E-state index in [-0.39, 0.29) is 17.9 Å². The minimum absolute atomic E-state index is 0.195. The second-order valence-corrected chi connectivity index (χ2v) is 7.83. The van der Waals surface area contributed by atoms with E-state index in [1.54, 1.807) is 16.5 Å². The van der Waals surface area contributed by atoms with E-state index in [1.165, 1.54) is 11.3 Å². The molecular weight excluding hydrogens is 366 g/mol. The van der Waals surface area contributed by atoms with E-state index >= 15 is 0 Å². The van der Waals surface area contributed by atoms with E-state index in [1.807, 2.05) is 11.6 Å². The lowest BCUT2D eigenvalue weighted by Gasteiger charge is -2.24. The summed E-state index contributed by atoms with van der Waals surface area (Å²) in [7, 11) is 0. The smallest absolute Gasteiger partial charge is 0.277 e. The third-order valence-corrected chi connectivity index (χ3v) is 5.95. The summed E-state index contributed by atoms with van der Waals surface area (Å²) in [5.41, 5.74) is 1.13. The van der Waals surface area contributed by atoms with Crippen LogP contribution in [0.2, 0.25) is 0 Å². The molecule has 2 saturated heterocycles. The van der Waals surface area contributed by atoms with Crippen LogP contribution in [0.4, 0.5) is 5.13 Å². The molecule has 2 aromatic rings. The largest absolute Gasteiger partial charge is 0.325 e. The number of rotatable bonds is 4. The fourth-order valence-electron chi connectivity index (χ4n) is 3.83. The molecule has 27 heavy (non-hydrogen) atoms. The van der Waals surface area contributed by atoms with Gasteiger partial charge in [0.2, 0.25) is 5.91 Å². The summed E-state index contributed by atoms with van der Waals surface area (Å²) in [5.74, 6) is -0.413. The van der Waals surface area contributed by atoms with Gasteiger partial charge in [0.05, 0.1) is 11.7 Å². The predicted molar refractivity (Wildman–Crippen MR) is 101 cm³/mol. The van der Waals surface area contributed by atoms with Crippen LogP contribution in [-0.2, 0) is 4.79 Å². The molecule has 0 aliphatic carbocycles. The minimum atomic E-state index is -0.496. The van der Waals surface area contributed by atoms with Gasteiger partial charge in [-0.2, -0.15) is 0 Å². The number of likely N-dealkylation sites (tertiary alicyclic amines) is 1. The molecule has 0 bridgehead atoms. The van der Waals surface area contributed by atoms with E-state index in [4.69, 9.17) is 0 Å². The lowest BCUT2D eigenvalue weighted by Crippen LogP contribution is -2.43. The van der Waals surface area contributed by atoms with Crippen molar-refractivity contribution in [2.75, 3.05) is 25.0 Å². The maximum absolute atomic E-state index is 13.1. The first kappa shape index (κ1) is 18.1. The van der Waals surface area contributed by atoms with Crippen LogP contribution in [0.3, 0.4) is 0 Å². The Morgan fingerprint density at radius 2 is 2.11 bits per heavy atom. The first-order valence-corrected chi connectivity index (χ1v) is 10.2. The fraction of sp³-hybridized carbons (Fsp3) is 0.588. The first-order chi connectivity index (χ1) is 13.1. The molecule has 4 heterocycles. The lowest BCUT2D eigenvalue weighted by molar-refractivity contribution is -0.119. The molecule has 1 atom stereocenters. The highest BCUT2D eigenvalue weighted by Gasteiger charge is 2.37. The van der Waals surface area contributed by atoms with Crippen molar-refractivity contribution >= 4 is 28.3 Å². The molecule has 144 valence electrons. The van der Waals surface area contributed by atoms with Crippen LogP contribution >= 0.6 is 11.3 Å². The van der Waals surface area contributed by atoms with Crippen LogP contribution in [0.25, 0.3) is 0 Å². The monoisotopic (exact) mass is 389 g/mol. The van der Waals surface area contributed by atoms with Gasteiger partial charge in [0.1, 0.15) is 6.04 Å². The molecule has 2 N–H and O–H groups in total. The second-order valence-electron chi connectivity index (χ2n) is 6.93. The summed E-state index contributed by atoms with van der Waals surface area (Å²) < 4.78 is 1.87. The van der Waals surface area contributed by atoms with Gasteiger partial charge in [-0.1, -0.05) is 5.21 Å². The first-order valence-electron chi connectivity index (χ1n) is 9.29. The summed E-state index contributed by atoms with van der Waals surface area (Å²) in [6, 6.07) is -0.229. The number of aromatic nitrogens is 4. The lowest BCUT2D eigenvalue weighted by atomic mass is 10.1. The van der Waals surface area contributed by atoms with Gasteiger partial charge in [0.25, 0.3) is 5.91 Å². The highest BCUT2D eigenvalue weighted by Crippen LogP contribution is 2.25. The van der Waals surface area contributed by atoms with Gasteiger partial charge in [-0.15, -0.1) is 16.4 Å². The van der Waals surface area contributed by atoms with Crippen molar-refractivity contribution in [1.29, 1.82) is 0 Å². The molecular formula is C17H23N7O2S. The molecule has 0 saturated carbocycles. The van der Waals surface area contributed by atoms with Gasteiger partial charge in [0, 0.05) is 18.1 Å². The summed E-state index contributed by atoms with van der Waals surface area (Å²) in [5, 5.41) is 16.9. The van der Waals surface area contributed by atoms with E-state index in [0.29, 0.717) is 23.8 Å². The van der Waals surface area contributed by atoms with Crippen molar-refractivity contribution in [2.45, 2.75) is 44.7 Å². The number of hydrogen-bond acceptors (Lipinski definition) is 7. The predicted octanol–water partition coefficient (Wildman–Crippen LogP) is 1.21. The summed E-state index contributed by atoms with van der Waals surface area (Å²) in [4.78, 5) is 31.4. The SMILES string of the molecule is Cc1c(C(=O)N2CCCC2C(=O)Nc2nccs2)nnn1C1CCNCC1. The molecule has 0 radical (unpaired) electrons. The zero-order chi connectivity index (χ0) is 18.8. The van der Waals surface area contributed by atoms with E-state index in [0.717, 1.165) is 38.0 Å². The van der Waals surface area contributed by atoms with E-state index in [2.05, 4.69) is 25.9 Å². The van der Waals surface area contributed by atoms with E-state index < -0.39 is 6.04 Å². The van der Waals surface area contributed by atoms with Gasteiger partial charge in [-0.3, -0.25) is 9.59 Å². The van der Waals surface area contributed by atoms with Gasteiger partial charge >= 0.3 is 0 Å². The number of thiazole rings is 1. The Hall–Kier alpha value is -2.33. The summed E-state index contributed by atoms with van der Waals surface area (Å²) in [6.07, 6.45) is 5.02. The van der Waals surface area contributed by atoms with Gasteiger partial charge < -0.3 is 15.5 Å². The Kier molecular flexibility index (Phi) is 5.17. The fourth-order valence-corrected chi connectivity index (χ4v) is 4.36. The minimum Gasteiger partial charge on any atom is -0.325 e. The average molecular weight is 389 g/mol. The molecule has 2 amide bonds. The highest BCUT2D eigenvalue weighted by molar-refractivity contribution is 7.13. The van der Waals surface area contributed by atoms with Gasteiger partial charge in [-0.25, -0.2) is 9.67 Å². The third-order valence-electron chi connectivity index (χ3n) is 5.26. The Bertz CT molecular complexity index is 813. The highest BCUT2D eigenvalue weighted by atomic mass is 32.1. The Morgan fingerprint density at radius 1 is 1.30 bits per heavy atom. The van der Waals surface area contributed by atoms with Crippen LogP contribution in [0.1, 0.15) is 47.9 Å². The average Bonchev–Trinajstić information content (AvgIpc) is 3.42. The molecule has 1 unspecified atom stereocenters. The van der Waals surface area contributed by atoms with Crippen LogP contribution < -0.4 is 10.6 Å². The molecule has 0 aromatic carbocycles. The van der Waals surface area contributed by atoms with Gasteiger partial charge in [-0.05, 0) is 45.7 Å². The van der Waals surface area contributed by atoms with Crippen molar-refractivity contribution in [1.82, 2.24) is 30.2 Å².